The Hall–Kier alpha value is -2.13. The van der Waals surface area contributed by atoms with Crippen LogP contribution in [0, 0.1) is 0 Å². The quantitative estimate of drug-likeness (QED) is 0.856. The third-order valence-electron chi connectivity index (χ3n) is 3.63. The number of aliphatic hydroxyl groups is 1. The fraction of sp³-hybridized carbons (Fsp3) is 0.278. The molecule has 0 heterocycles. The highest BCUT2D eigenvalue weighted by Gasteiger charge is 2.21. The Morgan fingerprint density at radius 3 is 2.00 bits per heavy atom. The zero-order chi connectivity index (χ0) is 15.1. The van der Waals surface area contributed by atoms with Gasteiger partial charge in [0.2, 0.25) is 5.91 Å². The third kappa shape index (κ3) is 3.92. The highest BCUT2D eigenvalue weighted by atomic mass is 16.3. The molecule has 3 heteroatoms. The van der Waals surface area contributed by atoms with E-state index in [9.17, 15) is 9.90 Å². The Kier molecular flexibility index (Phi) is 5.52. The SMILES string of the molecule is CC[C@H](C(=O)N[C@H](CO)c1ccccc1)c1ccccc1. The first-order chi connectivity index (χ1) is 10.3. The lowest BCUT2D eigenvalue weighted by Gasteiger charge is -2.21. The summed E-state index contributed by atoms with van der Waals surface area (Å²) in [5, 5.41) is 12.5. The van der Waals surface area contributed by atoms with Crippen LogP contribution in [0.15, 0.2) is 60.7 Å². The van der Waals surface area contributed by atoms with Gasteiger partial charge in [-0.2, -0.15) is 0 Å². The van der Waals surface area contributed by atoms with Crippen LogP contribution in [-0.4, -0.2) is 17.6 Å². The molecule has 110 valence electrons. The molecule has 0 aliphatic heterocycles. The Morgan fingerprint density at radius 1 is 1.00 bits per heavy atom. The summed E-state index contributed by atoms with van der Waals surface area (Å²) in [6.07, 6.45) is 0.725. The van der Waals surface area contributed by atoms with E-state index in [0.29, 0.717) is 0 Å². The standard InChI is InChI=1S/C18H21NO2/c1-2-16(14-9-5-3-6-10-14)18(21)19-17(13-20)15-11-7-4-8-12-15/h3-12,16-17,20H,2,13H2,1H3,(H,19,21)/t16-,17+/m0/s1. The van der Waals surface area contributed by atoms with Crippen LogP contribution in [0.25, 0.3) is 0 Å². The summed E-state index contributed by atoms with van der Waals surface area (Å²) < 4.78 is 0. The molecule has 2 rings (SSSR count). The van der Waals surface area contributed by atoms with Crippen LogP contribution in [0.4, 0.5) is 0 Å². The maximum Gasteiger partial charge on any atom is 0.228 e. The second-order valence-electron chi connectivity index (χ2n) is 5.03. The van der Waals surface area contributed by atoms with Crippen molar-refractivity contribution in [3.05, 3.63) is 71.8 Å². The highest BCUT2D eigenvalue weighted by molar-refractivity contribution is 5.84. The van der Waals surface area contributed by atoms with E-state index in [1.54, 1.807) is 0 Å². The monoisotopic (exact) mass is 283 g/mol. The number of benzene rings is 2. The minimum absolute atomic E-state index is 0.0494. The smallest absolute Gasteiger partial charge is 0.228 e. The number of hydrogen-bond acceptors (Lipinski definition) is 2. The highest BCUT2D eigenvalue weighted by Crippen LogP contribution is 2.21. The fourth-order valence-electron chi connectivity index (χ4n) is 2.45. The summed E-state index contributed by atoms with van der Waals surface area (Å²) in [6, 6.07) is 18.9. The van der Waals surface area contributed by atoms with Crippen molar-refractivity contribution in [3.8, 4) is 0 Å². The summed E-state index contributed by atoms with van der Waals surface area (Å²) in [5.41, 5.74) is 1.92. The van der Waals surface area contributed by atoms with Crippen LogP contribution in [0.1, 0.15) is 36.4 Å². The van der Waals surface area contributed by atoms with Gasteiger partial charge >= 0.3 is 0 Å². The van der Waals surface area contributed by atoms with E-state index in [0.717, 1.165) is 17.5 Å². The molecule has 2 N–H and O–H groups in total. The molecule has 21 heavy (non-hydrogen) atoms. The van der Waals surface area contributed by atoms with E-state index in [2.05, 4.69) is 5.32 Å². The number of amides is 1. The average molecular weight is 283 g/mol. The van der Waals surface area contributed by atoms with Gasteiger partial charge in [-0.25, -0.2) is 0 Å². The number of nitrogens with one attached hydrogen (secondary N) is 1. The summed E-state index contributed by atoms with van der Waals surface area (Å²) in [5.74, 6) is -0.240. The first-order valence-electron chi connectivity index (χ1n) is 7.27. The van der Waals surface area contributed by atoms with Gasteiger partial charge in [0.25, 0.3) is 0 Å². The molecule has 1 amide bonds. The predicted octanol–water partition coefficient (Wildman–Crippen LogP) is 3.03. The molecule has 0 aliphatic rings. The first kappa shape index (κ1) is 15.3. The lowest BCUT2D eigenvalue weighted by molar-refractivity contribution is -0.123. The number of carbonyl (C=O) groups excluding carboxylic acids is 1. The summed E-state index contributed by atoms with van der Waals surface area (Å²) in [6.45, 7) is 1.88. The van der Waals surface area contributed by atoms with Gasteiger partial charge in [0.1, 0.15) is 0 Å². The summed E-state index contributed by atoms with van der Waals surface area (Å²) in [4.78, 5) is 12.5. The topological polar surface area (TPSA) is 49.3 Å². The number of rotatable bonds is 6. The van der Waals surface area contributed by atoms with Crippen LogP contribution < -0.4 is 5.32 Å². The third-order valence-corrected chi connectivity index (χ3v) is 3.63. The van der Waals surface area contributed by atoms with Crippen LogP contribution in [-0.2, 0) is 4.79 Å². The molecule has 3 nitrogen and oxygen atoms in total. The van der Waals surface area contributed by atoms with Crippen LogP contribution in [0.3, 0.4) is 0 Å². The van der Waals surface area contributed by atoms with Crippen molar-refractivity contribution in [3.63, 3.8) is 0 Å². The van der Waals surface area contributed by atoms with Crippen LogP contribution in [0.2, 0.25) is 0 Å². The number of carbonyl (C=O) groups is 1. The Bertz CT molecular complexity index is 554. The Labute approximate surface area is 125 Å². The van der Waals surface area contributed by atoms with E-state index >= 15 is 0 Å². The van der Waals surface area contributed by atoms with Crippen molar-refractivity contribution < 1.29 is 9.90 Å². The average Bonchev–Trinajstić information content (AvgIpc) is 2.55. The molecular formula is C18H21NO2. The van der Waals surface area contributed by atoms with Gasteiger partial charge in [0.05, 0.1) is 18.6 Å². The van der Waals surface area contributed by atoms with Gasteiger partial charge < -0.3 is 10.4 Å². The molecular weight excluding hydrogens is 262 g/mol. The molecule has 2 atom stereocenters. The Morgan fingerprint density at radius 2 is 1.52 bits per heavy atom. The van der Waals surface area contributed by atoms with Crippen LogP contribution in [0.5, 0.6) is 0 Å². The maximum atomic E-state index is 12.5. The minimum atomic E-state index is -0.364. The normalized spacial score (nSPS) is 13.4. The van der Waals surface area contributed by atoms with Crippen molar-refractivity contribution in [2.45, 2.75) is 25.3 Å². The van der Waals surface area contributed by atoms with Crippen LogP contribution >= 0.6 is 0 Å². The number of aliphatic hydroxyl groups excluding tert-OH is 1. The largest absolute Gasteiger partial charge is 0.394 e. The van der Waals surface area contributed by atoms with Gasteiger partial charge in [-0.3, -0.25) is 4.79 Å². The van der Waals surface area contributed by atoms with Crippen molar-refractivity contribution in [1.82, 2.24) is 5.32 Å². The lowest BCUT2D eigenvalue weighted by Crippen LogP contribution is -2.34. The first-order valence-corrected chi connectivity index (χ1v) is 7.27. The molecule has 0 unspecified atom stereocenters. The molecule has 0 aliphatic carbocycles. The lowest BCUT2D eigenvalue weighted by atomic mass is 9.95. The molecule has 0 spiro atoms. The Balaban J connectivity index is 2.11. The molecule has 0 bridgehead atoms. The van der Waals surface area contributed by atoms with E-state index < -0.39 is 0 Å². The maximum absolute atomic E-state index is 12.5. The zero-order valence-corrected chi connectivity index (χ0v) is 12.2. The fourth-order valence-corrected chi connectivity index (χ4v) is 2.45. The molecule has 2 aromatic rings. The molecule has 0 saturated heterocycles. The van der Waals surface area contributed by atoms with Gasteiger partial charge in [-0.1, -0.05) is 67.6 Å². The minimum Gasteiger partial charge on any atom is -0.394 e. The van der Waals surface area contributed by atoms with Gasteiger partial charge in [0, 0.05) is 0 Å². The van der Waals surface area contributed by atoms with Gasteiger partial charge in [0.15, 0.2) is 0 Å². The van der Waals surface area contributed by atoms with Crippen molar-refractivity contribution in [2.75, 3.05) is 6.61 Å². The summed E-state index contributed by atoms with van der Waals surface area (Å²) >= 11 is 0. The summed E-state index contributed by atoms with van der Waals surface area (Å²) in [7, 11) is 0. The van der Waals surface area contributed by atoms with Crippen molar-refractivity contribution in [2.24, 2.45) is 0 Å². The molecule has 0 saturated carbocycles. The van der Waals surface area contributed by atoms with Crippen molar-refractivity contribution >= 4 is 5.91 Å². The predicted molar refractivity (Wildman–Crippen MR) is 83.9 cm³/mol. The second-order valence-corrected chi connectivity index (χ2v) is 5.03. The molecule has 0 aromatic heterocycles. The number of hydrogen-bond donors (Lipinski definition) is 2. The van der Waals surface area contributed by atoms with E-state index in [1.807, 2.05) is 67.6 Å². The molecule has 0 fully saturated rings. The molecule has 2 aromatic carbocycles. The van der Waals surface area contributed by atoms with Crippen molar-refractivity contribution in [1.29, 1.82) is 0 Å². The van der Waals surface area contributed by atoms with Gasteiger partial charge in [-0.05, 0) is 17.5 Å². The van der Waals surface area contributed by atoms with E-state index in [1.165, 1.54) is 0 Å². The second kappa shape index (κ2) is 7.60. The van der Waals surface area contributed by atoms with Gasteiger partial charge in [-0.15, -0.1) is 0 Å². The molecule has 0 radical (unpaired) electrons. The van der Waals surface area contributed by atoms with E-state index in [-0.39, 0.29) is 24.5 Å². The van der Waals surface area contributed by atoms with E-state index in [4.69, 9.17) is 0 Å². The zero-order valence-electron chi connectivity index (χ0n) is 12.2.